The van der Waals surface area contributed by atoms with E-state index in [9.17, 15) is 14.4 Å². The second-order valence-electron chi connectivity index (χ2n) is 3.54. The molecule has 1 heterocycles. The molecule has 0 radical (unpaired) electrons. The number of amides is 4. The number of imide groups is 1. The molecule has 0 aromatic rings. The van der Waals surface area contributed by atoms with Crippen molar-refractivity contribution in [1.82, 2.24) is 15.5 Å². The molecule has 1 saturated heterocycles. The van der Waals surface area contributed by atoms with E-state index in [0.29, 0.717) is 0 Å². The average Bonchev–Trinajstić information content (AvgIpc) is 2.60. The van der Waals surface area contributed by atoms with Crippen LogP contribution in [0, 0.1) is 0 Å². The zero-order valence-corrected chi connectivity index (χ0v) is 9.43. The maximum Gasteiger partial charge on any atom is 0.325 e. The topological polar surface area (TPSA) is 108 Å². The van der Waals surface area contributed by atoms with Crippen LogP contribution in [0.25, 0.3) is 0 Å². The Kier molecular flexibility index (Phi) is 4.85. The maximum atomic E-state index is 11.5. The second kappa shape index (κ2) is 6.16. The van der Waals surface area contributed by atoms with E-state index in [4.69, 9.17) is 9.84 Å². The number of aliphatic hydroxyl groups is 1. The summed E-state index contributed by atoms with van der Waals surface area (Å²) in [5.74, 6) is -0.969. The molecule has 0 aromatic heterocycles. The largest absolute Gasteiger partial charge is 0.394 e. The van der Waals surface area contributed by atoms with Crippen LogP contribution in [-0.4, -0.2) is 67.3 Å². The van der Waals surface area contributed by atoms with Gasteiger partial charge in [0, 0.05) is 7.11 Å². The third-order valence-corrected chi connectivity index (χ3v) is 2.19. The van der Waals surface area contributed by atoms with E-state index in [1.807, 2.05) is 0 Å². The zero-order valence-electron chi connectivity index (χ0n) is 9.43. The minimum Gasteiger partial charge on any atom is -0.394 e. The standard InChI is InChI=1S/C9H15N3O5/c1-17-5-6(4-13)11-7(14)3-12-8(15)2-10-9(12)16/h6,13H,2-5H2,1H3,(H,10,16)(H,11,14). The molecule has 0 aliphatic carbocycles. The molecule has 8 heteroatoms. The second-order valence-corrected chi connectivity index (χ2v) is 3.54. The lowest BCUT2D eigenvalue weighted by atomic mass is 10.3. The van der Waals surface area contributed by atoms with Gasteiger partial charge in [-0.3, -0.25) is 14.5 Å². The number of nitrogens with zero attached hydrogens (tertiary/aromatic N) is 1. The van der Waals surface area contributed by atoms with Crippen molar-refractivity contribution < 1.29 is 24.2 Å². The summed E-state index contributed by atoms with van der Waals surface area (Å²) in [4.78, 5) is 34.6. The number of ether oxygens (including phenoxy) is 1. The molecule has 1 aliphatic rings. The monoisotopic (exact) mass is 245 g/mol. The first-order valence-corrected chi connectivity index (χ1v) is 5.05. The van der Waals surface area contributed by atoms with E-state index in [2.05, 4.69) is 10.6 Å². The quantitative estimate of drug-likeness (QED) is 0.454. The Morgan fingerprint density at radius 2 is 2.35 bits per heavy atom. The van der Waals surface area contributed by atoms with Crippen molar-refractivity contribution in [2.24, 2.45) is 0 Å². The number of urea groups is 1. The molecule has 0 saturated carbocycles. The number of hydrogen-bond donors (Lipinski definition) is 3. The van der Waals surface area contributed by atoms with Crippen LogP contribution in [0.4, 0.5) is 4.79 Å². The van der Waals surface area contributed by atoms with Crippen molar-refractivity contribution in [3.63, 3.8) is 0 Å². The first kappa shape index (κ1) is 13.4. The molecule has 0 spiro atoms. The summed E-state index contributed by atoms with van der Waals surface area (Å²) in [7, 11) is 1.44. The average molecular weight is 245 g/mol. The van der Waals surface area contributed by atoms with Crippen molar-refractivity contribution in [1.29, 1.82) is 0 Å². The fourth-order valence-corrected chi connectivity index (χ4v) is 1.37. The molecular weight excluding hydrogens is 230 g/mol. The molecule has 0 bridgehead atoms. The first-order chi connectivity index (χ1) is 8.08. The van der Waals surface area contributed by atoms with Crippen molar-refractivity contribution >= 4 is 17.8 Å². The van der Waals surface area contributed by atoms with Gasteiger partial charge in [0.1, 0.15) is 6.54 Å². The molecule has 1 unspecified atom stereocenters. The fraction of sp³-hybridized carbons (Fsp3) is 0.667. The Morgan fingerprint density at radius 1 is 1.65 bits per heavy atom. The molecule has 1 aliphatic heterocycles. The van der Waals surface area contributed by atoms with Gasteiger partial charge in [-0.2, -0.15) is 0 Å². The van der Waals surface area contributed by atoms with E-state index in [-0.39, 0.29) is 26.3 Å². The Bertz CT molecular complexity index is 304. The van der Waals surface area contributed by atoms with Gasteiger partial charge in [0.25, 0.3) is 5.91 Å². The SMILES string of the molecule is COCC(CO)NC(=O)CN1C(=O)CNC1=O. The van der Waals surface area contributed by atoms with Crippen molar-refractivity contribution in [2.75, 3.05) is 33.4 Å². The van der Waals surface area contributed by atoms with Gasteiger partial charge in [0.05, 0.1) is 25.8 Å². The van der Waals surface area contributed by atoms with Crippen LogP contribution in [0.3, 0.4) is 0 Å². The molecule has 1 fully saturated rings. The van der Waals surface area contributed by atoms with Crippen molar-refractivity contribution in [3.05, 3.63) is 0 Å². The van der Waals surface area contributed by atoms with Gasteiger partial charge < -0.3 is 20.5 Å². The highest BCUT2D eigenvalue weighted by atomic mass is 16.5. The van der Waals surface area contributed by atoms with Crippen LogP contribution in [-0.2, 0) is 14.3 Å². The van der Waals surface area contributed by atoms with Gasteiger partial charge >= 0.3 is 6.03 Å². The molecule has 17 heavy (non-hydrogen) atoms. The summed E-state index contributed by atoms with van der Waals surface area (Å²) < 4.78 is 4.77. The predicted molar refractivity (Wildman–Crippen MR) is 56.0 cm³/mol. The number of aliphatic hydroxyl groups excluding tert-OH is 1. The molecule has 8 nitrogen and oxygen atoms in total. The molecule has 3 N–H and O–H groups in total. The van der Waals surface area contributed by atoms with Gasteiger partial charge in [-0.1, -0.05) is 0 Å². The molecule has 4 amide bonds. The van der Waals surface area contributed by atoms with Crippen molar-refractivity contribution in [3.8, 4) is 0 Å². The summed E-state index contributed by atoms with van der Waals surface area (Å²) in [6, 6.07) is -1.13. The van der Waals surface area contributed by atoms with Gasteiger partial charge in [0.2, 0.25) is 5.91 Å². The third kappa shape index (κ3) is 3.68. The summed E-state index contributed by atoms with van der Waals surface area (Å²) >= 11 is 0. The first-order valence-electron chi connectivity index (χ1n) is 5.05. The smallest absolute Gasteiger partial charge is 0.325 e. The summed E-state index contributed by atoms with van der Waals surface area (Å²) in [6.07, 6.45) is 0. The number of rotatable bonds is 6. The molecule has 0 aromatic carbocycles. The maximum absolute atomic E-state index is 11.5. The number of hydrogen-bond acceptors (Lipinski definition) is 5. The highest BCUT2D eigenvalue weighted by Crippen LogP contribution is 1.98. The van der Waals surface area contributed by atoms with E-state index < -0.39 is 23.9 Å². The van der Waals surface area contributed by atoms with Crippen molar-refractivity contribution in [2.45, 2.75) is 6.04 Å². The Labute approximate surface area is 97.9 Å². The van der Waals surface area contributed by atoms with Gasteiger partial charge in [0.15, 0.2) is 0 Å². The van der Waals surface area contributed by atoms with Gasteiger partial charge in [-0.15, -0.1) is 0 Å². The number of methoxy groups -OCH3 is 1. The molecular formula is C9H15N3O5. The van der Waals surface area contributed by atoms with E-state index in [0.717, 1.165) is 4.90 Å². The highest BCUT2D eigenvalue weighted by Gasteiger charge is 2.30. The predicted octanol–water partition coefficient (Wildman–Crippen LogP) is -2.34. The Morgan fingerprint density at radius 3 is 2.82 bits per heavy atom. The summed E-state index contributed by atoms with van der Waals surface area (Å²) in [5.41, 5.74) is 0. The number of carbonyl (C=O) groups is 3. The summed E-state index contributed by atoms with van der Waals surface area (Å²) in [5, 5.41) is 13.7. The molecule has 96 valence electrons. The minimum absolute atomic E-state index is 0.0897. The van der Waals surface area contributed by atoms with Crippen LogP contribution in [0.15, 0.2) is 0 Å². The Balaban J connectivity index is 2.43. The Hall–Kier alpha value is -1.67. The summed E-state index contributed by atoms with van der Waals surface area (Å²) in [6.45, 7) is -0.569. The number of nitrogens with one attached hydrogen (secondary N) is 2. The molecule has 1 rings (SSSR count). The minimum atomic E-state index is -0.586. The number of carbonyl (C=O) groups excluding carboxylic acids is 3. The lowest BCUT2D eigenvalue weighted by Crippen LogP contribution is -2.47. The highest BCUT2D eigenvalue weighted by molar-refractivity contribution is 6.04. The van der Waals surface area contributed by atoms with Crippen LogP contribution < -0.4 is 10.6 Å². The van der Waals surface area contributed by atoms with Gasteiger partial charge in [-0.05, 0) is 0 Å². The third-order valence-electron chi connectivity index (χ3n) is 2.19. The van der Waals surface area contributed by atoms with E-state index >= 15 is 0 Å². The van der Waals surface area contributed by atoms with Gasteiger partial charge in [-0.25, -0.2) is 4.79 Å². The van der Waals surface area contributed by atoms with E-state index in [1.165, 1.54) is 7.11 Å². The van der Waals surface area contributed by atoms with Crippen LogP contribution >= 0.6 is 0 Å². The lowest BCUT2D eigenvalue weighted by Gasteiger charge is -2.17. The fourth-order valence-electron chi connectivity index (χ4n) is 1.37. The van der Waals surface area contributed by atoms with Crippen LogP contribution in [0.5, 0.6) is 0 Å². The van der Waals surface area contributed by atoms with Crippen LogP contribution in [0.1, 0.15) is 0 Å². The zero-order chi connectivity index (χ0) is 12.8. The lowest BCUT2D eigenvalue weighted by molar-refractivity contribution is -0.131. The molecule has 1 atom stereocenters. The normalized spacial score (nSPS) is 16.9. The van der Waals surface area contributed by atoms with Crippen LogP contribution in [0.2, 0.25) is 0 Å². The van der Waals surface area contributed by atoms with E-state index in [1.54, 1.807) is 0 Å².